The van der Waals surface area contributed by atoms with Crippen molar-refractivity contribution in [2.24, 2.45) is 0 Å². The first-order chi connectivity index (χ1) is 14.6. The normalized spacial score (nSPS) is 17.3. The third-order valence-corrected chi connectivity index (χ3v) is 8.14. The molecule has 0 aliphatic carbocycles. The summed E-state index contributed by atoms with van der Waals surface area (Å²) in [6.07, 6.45) is 0. The van der Waals surface area contributed by atoms with E-state index >= 15 is 0 Å². The van der Waals surface area contributed by atoms with Gasteiger partial charge in [0.25, 0.3) is 5.91 Å². The summed E-state index contributed by atoms with van der Waals surface area (Å²) in [4.78, 5) is 16.5. The summed E-state index contributed by atoms with van der Waals surface area (Å²) in [5.74, 6) is -0.102. The number of anilines is 2. The Bertz CT molecular complexity index is 1190. The molecule has 6 nitrogen and oxygen atoms in total. The molecule has 1 fully saturated rings. The third-order valence-electron chi connectivity index (χ3n) is 6.01. The van der Waals surface area contributed by atoms with Crippen LogP contribution >= 0.6 is 11.6 Å². The van der Waals surface area contributed by atoms with E-state index in [9.17, 15) is 13.2 Å². The average Bonchev–Trinajstić information content (AvgIpc) is 3.00. The van der Waals surface area contributed by atoms with Crippen LogP contribution in [0.3, 0.4) is 0 Å². The van der Waals surface area contributed by atoms with Crippen molar-refractivity contribution in [3.05, 3.63) is 58.1 Å². The lowest BCUT2D eigenvalue weighted by molar-refractivity contribution is -0.112. The first-order valence-corrected chi connectivity index (χ1v) is 12.0. The summed E-state index contributed by atoms with van der Waals surface area (Å²) in [5, 5.41) is 0.670. The fourth-order valence-electron chi connectivity index (χ4n) is 4.29. The molecule has 8 heteroatoms. The van der Waals surface area contributed by atoms with Gasteiger partial charge < -0.3 is 9.80 Å². The second-order valence-electron chi connectivity index (χ2n) is 8.24. The van der Waals surface area contributed by atoms with Crippen molar-refractivity contribution >= 4 is 44.5 Å². The SMILES string of the molecule is CC(C)=C1C(=O)N(C)c2ccc(S(=O)(=O)N3CCN(c4cc(Cl)ccc4C)CC3)cc21. The monoisotopic (exact) mass is 459 g/mol. The van der Waals surface area contributed by atoms with Crippen molar-refractivity contribution < 1.29 is 13.2 Å². The van der Waals surface area contributed by atoms with Crippen LogP contribution in [0.4, 0.5) is 11.4 Å². The van der Waals surface area contributed by atoms with E-state index in [1.165, 1.54) is 4.31 Å². The van der Waals surface area contributed by atoms with Gasteiger partial charge in [0.2, 0.25) is 10.0 Å². The Labute approximate surface area is 188 Å². The number of hydrogen-bond acceptors (Lipinski definition) is 4. The van der Waals surface area contributed by atoms with Crippen LogP contribution in [0.5, 0.6) is 0 Å². The van der Waals surface area contributed by atoms with E-state index in [1.807, 2.05) is 39.0 Å². The first-order valence-electron chi connectivity index (χ1n) is 10.2. The van der Waals surface area contributed by atoms with E-state index in [1.54, 1.807) is 30.1 Å². The molecule has 0 atom stereocenters. The minimum absolute atomic E-state index is 0.102. The number of piperazine rings is 1. The Morgan fingerprint density at radius 2 is 1.65 bits per heavy atom. The summed E-state index contributed by atoms with van der Waals surface area (Å²) in [7, 11) is -1.95. The number of fused-ring (bicyclic) bond motifs is 1. The smallest absolute Gasteiger partial charge is 0.258 e. The zero-order valence-corrected chi connectivity index (χ0v) is 19.7. The van der Waals surface area contributed by atoms with E-state index in [-0.39, 0.29) is 10.8 Å². The summed E-state index contributed by atoms with van der Waals surface area (Å²) < 4.78 is 28.2. The predicted molar refractivity (Wildman–Crippen MR) is 125 cm³/mol. The van der Waals surface area contributed by atoms with Crippen LogP contribution in [0.2, 0.25) is 5.02 Å². The summed E-state index contributed by atoms with van der Waals surface area (Å²) in [6, 6.07) is 10.7. The van der Waals surface area contributed by atoms with Crippen molar-refractivity contribution in [3.63, 3.8) is 0 Å². The fraction of sp³-hybridized carbons (Fsp3) is 0.348. The number of benzene rings is 2. The van der Waals surface area contributed by atoms with Gasteiger partial charge in [-0.1, -0.05) is 23.2 Å². The second kappa shape index (κ2) is 7.97. The van der Waals surface area contributed by atoms with Crippen LogP contribution in [-0.2, 0) is 14.8 Å². The molecule has 164 valence electrons. The number of likely N-dealkylation sites (N-methyl/N-ethyl adjacent to an activating group) is 1. The lowest BCUT2D eigenvalue weighted by atomic mass is 10.0. The van der Waals surface area contributed by atoms with Gasteiger partial charge in [-0.05, 0) is 56.7 Å². The van der Waals surface area contributed by atoms with Gasteiger partial charge in [0.15, 0.2) is 0 Å². The minimum Gasteiger partial charge on any atom is -0.369 e. The number of rotatable bonds is 3. The van der Waals surface area contributed by atoms with E-state index < -0.39 is 10.0 Å². The van der Waals surface area contributed by atoms with Gasteiger partial charge >= 0.3 is 0 Å². The summed E-state index contributed by atoms with van der Waals surface area (Å²) in [6.45, 7) is 7.72. The standard InChI is InChI=1S/C23H26ClN3O3S/c1-15(2)22-19-14-18(7-8-20(19)25(4)23(22)28)31(29,30)27-11-9-26(10-12-27)21-13-17(24)6-5-16(21)3/h5-8,13-14H,9-12H2,1-4H3. The molecule has 0 bridgehead atoms. The number of sulfonamides is 1. The maximum Gasteiger partial charge on any atom is 0.258 e. The summed E-state index contributed by atoms with van der Waals surface area (Å²) >= 11 is 6.15. The molecule has 2 heterocycles. The van der Waals surface area contributed by atoms with E-state index in [2.05, 4.69) is 4.90 Å². The number of carbonyl (C=O) groups excluding carboxylic acids is 1. The first kappa shape index (κ1) is 21.9. The molecule has 1 saturated heterocycles. The predicted octanol–water partition coefficient (Wildman–Crippen LogP) is 3.93. The van der Waals surface area contributed by atoms with E-state index in [0.29, 0.717) is 42.3 Å². The average molecular weight is 460 g/mol. The molecule has 0 N–H and O–H groups in total. The molecular formula is C23H26ClN3O3S. The van der Waals surface area contributed by atoms with Crippen LogP contribution in [0.15, 0.2) is 46.9 Å². The number of nitrogens with zero attached hydrogens (tertiary/aromatic N) is 3. The highest BCUT2D eigenvalue weighted by Gasteiger charge is 2.34. The highest BCUT2D eigenvalue weighted by molar-refractivity contribution is 7.89. The van der Waals surface area contributed by atoms with Gasteiger partial charge in [0, 0.05) is 55.1 Å². The van der Waals surface area contributed by atoms with Gasteiger partial charge in [-0.25, -0.2) is 8.42 Å². The second-order valence-corrected chi connectivity index (χ2v) is 10.6. The van der Waals surface area contributed by atoms with Crippen LogP contribution in [0.1, 0.15) is 25.0 Å². The number of hydrogen-bond donors (Lipinski definition) is 0. The molecule has 2 aliphatic heterocycles. The molecule has 2 aromatic carbocycles. The van der Waals surface area contributed by atoms with Crippen LogP contribution in [0.25, 0.3) is 5.57 Å². The van der Waals surface area contributed by atoms with Gasteiger partial charge in [-0.15, -0.1) is 0 Å². The lowest BCUT2D eigenvalue weighted by Gasteiger charge is -2.36. The lowest BCUT2D eigenvalue weighted by Crippen LogP contribution is -2.48. The van der Waals surface area contributed by atoms with Crippen LogP contribution in [-0.4, -0.2) is 51.9 Å². The summed E-state index contributed by atoms with van der Waals surface area (Å²) in [5.41, 5.74) is 5.02. The van der Waals surface area contributed by atoms with Crippen molar-refractivity contribution in [3.8, 4) is 0 Å². The van der Waals surface area contributed by atoms with Crippen LogP contribution in [0, 0.1) is 6.92 Å². The molecule has 0 aromatic heterocycles. The van der Waals surface area contributed by atoms with E-state index in [4.69, 9.17) is 11.6 Å². The van der Waals surface area contributed by atoms with Crippen molar-refractivity contribution in [2.45, 2.75) is 25.7 Å². The Morgan fingerprint density at radius 3 is 2.29 bits per heavy atom. The molecule has 0 radical (unpaired) electrons. The number of aryl methyl sites for hydroxylation is 1. The molecule has 2 aliphatic rings. The van der Waals surface area contributed by atoms with Crippen molar-refractivity contribution in [2.75, 3.05) is 43.0 Å². The minimum atomic E-state index is -3.66. The van der Waals surface area contributed by atoms with Crippen LogP contribution < -0.4 is 9.80 Å². The maximum absolute atomic E-state index is 13.4. The van der Waals surface area contributed by atoms with E-state index in [0.717, 1.165) is 22.5 Å². The largest absolute Gasteiger partial charge is 0.369 e. The quantitative estimate of drug-likeness (QED) is 0.652. The van der Waals surface area contributed by atoms with Gasteiger partial charge in [-0.2, -0.15) is 4.31 Å². The fourth-order valence-corrected chi connectivity index (χ4v) is 5.90. The molecule has 1 amide bonds. The maximum atomic E-state index is 13.4. The molecule has 0 spiro atoms. The Balaban J connectivity index is 1.59. The Kier molecular flexibility index (Phi) is 5.62. The zero-order valence-electron chi connectivity index (χ0n) is 18.1. The van der Waals surface area contributed by atoms with Crippen molar-refractivity contribution in [1.82, 2.24) is 4.31 Å². The number of carbonyl (C=O) groups is 1. The molecule has 0 saturated carbocycles. The van der Waals surface area contributed by atoms with Gasteiger partial charge in [0.1, 0.15) is 0 Å². The number of halogens is 1. The van der Waals surface area contributed by atoms with Crippen molar-refractivity contribution in [1.29, 1.82) is 0 Å². The molecule has 0 unspecified atom stereocenters. The zero-order chi connectivity index (χ0) is 22.5. The van der Waals surface area contributed by atoms with Gasteiger partial charge in [-0.3, -0.25) is 4.79 Å². The molecule has 31 heavy (non-hydrogen) atoms. The topological polar surface area (TPSA) is 60.9 Å². The highest BCUT2D eigenvalue weighted by Crippen LogP contribution is 2.39. The number of amides is 1. The number of allylic oxidation sites excluding steroid dienone is 1. The third kappa shape index (κ3) is 3.75. The highest BCUT2D eigenvalue weighted by atomic mass is 35.5. The molecule has 2 aromatic rings. The molecular weight excluding hydrogens is 434 g/mol. The molecule has 4 rings (SSSR count). The van der Waals surface area contributed by atoms with Gasteiger partial charge in [0.05, 0.1) is 10.6 Å². The Hall–Kier alpha value is -2.35. The Morgan fingerprint density at radius 1 is 0.968 bits per heavy atom.